The predicted molar refractivity (Wildman–Crippen MR) is 130 cm³/mol. The molecule has 1 atom stereocenters. The Morgan fingerprint density at radius 1 is 1.17 bits per heavy atom. The lowest BCUT2D eigenvalue weighted by Crippen LogP contribution is -2.51. The highest BCUT2D eigenvalue weighted by Crippen LogP contribution is 2.37. The van der Waals surface area contributed by atoms with Gasteiger partial charge < -0.3 is 15.2 Å². The number of alkyl halides is 3. The topological polar surface area (TPSA) is 88.3 Å². The van der Waals surface area contributed by atoms with Crippen LogP contribution in [-0.2, 0) is 11.3 Å². The summed E-state index contributed by atoms with van der Waals surface area (Å²) in [6.07, 6.45) is 0.0320. The third kappa shape index (κ3) is 4.99. The van der Waals surface area contributed by atoms with Crippen molar-refractivity contribution in [1.82, 2.24) is 24.6 Å². The van der Waals surface area contributed by atoms with E-state index in [0.717, 1.165) is 54.8 Å². The molecule has 1 unspecified atom stereocenters. The van der Waals surface area contributed by atoms with Crippen LogP contribution in [0.3, 0.4) is 0 Å². The molecule has 2 aromatic heterocycles. The zero-order valence-electron chi connectivity index (χ0n) is 19.4. The maximum atomic E-state index is 13.0. The molecule has 2 N–H and O–H groups in total. The van der Waals surface area contributed by atoms with E-state index in [-0.39, 0.29) is 16.8 Å². The van der Waals surface area contributed by atoms with Gasteiger partial charge in [-0.15, -0.1) is 0 Å². The van der Waals surface area contributed by atoms with E-state index in [0.29, 0.717) is 29.4 Å². The largest absolute Gasteiger partial charge is 0.418 e. The highest BCUT2D eigenvalue weighted by molar-refractivity contribution is 6.32. The Bertz CT molecular complexity index is 1260. The molecule has 0 saturated carbocycles. The number of halogens is 5. The average Bonchev–Trinajstić information content (AvgIpc) is 3.11. The van der Waals surface area contributed by atoms with Crippen LogP contribution in [0, 0.1) is 0 Å². The minimum absolute atomic E-state index is 0.108. The summed E-state index contributed by atoms with van der Waals surface area (Å²) in [5.74, 6) is 0.527. The number of likely N-dealkylation sites (tertiary alicyclic amines) is 1. The van der Waals surface area contributed by atoms with Gasteiger partial charge in [0.25, 0.3) is 0 Å². The van der Waals surface area contributed by atoms with Gasteiger partial charge >= 0.3 is 6.18 Å². The lowest BCUT2D eigenvalue weighted by atomic mass is 9.88. The van der Waals surface area contributed by atoms with Crippen LogP contribution in [0.5, 0.6) is 0 Å². The van der Waals surface area contributed by atoms with Crippen molar-refractivity contribution in [2.75, 3.05) is 31.6 Å². The van der Waals surface area contributed by atoms with Gasteiger partial charge in [0.05, 0.1) is 43.2 Å². The molecule has 3 aromatic rings. The average molecular weight is 545 g/mol. The summed E-state index contributed by atoms with van der Waals surface area (Å²) in [5, 5.41) is 17.9. The zero-order chi connectivity index (χ0) is 25.7. The van der Waals surface area contributed by atoms with Gasteiger partial charge in [-0.3, -0.25) is 4.90 Å². The van der Waals surface area contributed by atoms with Gasteiger partial charge in [-0.2, -0.15) is 18.3 Å². The van der Waals surface area contributed by atoms with Crippen LogP contribution in [0.15, 0.2) is 24.5 Å². The van der Waals surface area contributed by atoms with Crippen LogP contribution in [0.1, 0.15) is 31.2 Å². The Hall–Kier alpha value is -2.18. The molecule has 4 heterocycles. The maximum absolute atomic E-state index is 13.0. The number of rotatable bonds is 6. The van der Waals surface area contributed by atoms with Gasteiger partial charge in [0, 0.05) is 16.6 Å². The number of aliphatic hydroxyl groups is 1. The summed E-state index contributed by atoms with van der Waals surface area (Å²) in [6, 6.07) is 4.35. The Morgan fingerprint density at radius 3 is 2.53 bits per heavy atom. The van der Waals surface area contributed by atoms with Crippen molar-refractivity contribution in [2.45, 2.75) is 50.0 Å². The van der Waals surface area contributed by atoms with Crippen molar-refractivity contribution in [3.63, 3.8) is 0 Å². The molecule has 1 aromatic carbocycles. The highest BCUT2D eigenvalue weighted by atomic mass is 35.5. The van der Waals surface area contributed by atoms with E-state index < -0.39 is 18.3 Å². The van der Waals surface area contributed by atoms with Crippen molar-refractivity contribution in [2.24, 2.45) is 0 Å². The summed E-state index contributed by atoms with van der Waals surface area (Å²) in [6.45, 7) is 3.40. The molecule has 0 bridgehead atoms. The molecule has 0 radical (unpaired) electrons. The second-order valence-corrected chi connectivity index (χ2v) is 10.3. The van der Waals surface area contributed by atoms with Crippen LogP contribution < -0.4 is 5.32 Å². The van der Waals surface area contributed by atoms with E-state index in [4.69, 9.17) is 27.9 Å². The number of hydrogen-bond donors (Lipinski definition) is 2. The van der Waals surface area contributed by atoms with Gasteiger partial charge in [-0.1, -0.05) is 23.2 Å². The normalized spacial score (nSPS) is 19.9. The fraction of sp³-hybridized carbons (Fsp3) is 0.522. The lowest BCUT2D eigenvalue weighted by Gasteiger charge is -2.41. The highest BCUT2D eigenvalue weighted by Gasteiger charge is 2.50. The molecule has 2 fully saturated rings. The van der Waals surface area contributed by atoms with Gasteiger partial charge in [0.15, 0.2) is 10.8 Å². The molecule has 194 valence electrons. The van der Waals surface area contributed by atoms with Crippen LogP contribution in [0.25, 0.3) is 10.9 Å². The van der Waals surface area contributed by atoms with Crippen LogP contribution >= 0.6 is 23.2 Å². The molecule has 0 aliphatic carbocycles. The molecular formula is C23H25Cl2F3N6O2. The van der Waals surface area contributed by atoms with E-state index in [9.17, 15) is 18.3 Å². The first-order valence-corrected chi connectivity index (χ1v) is 12.3. The van der Waals surface area contributed by atoms with Crippen LogP contribution in [0.4, 0.5) is 24.8 Å². The van der Waals surface area contributed by atoms with Crippen molar-refractivity contribution < 1.29 is 23.0 Å². The lowest BCUT2D eigenvalue weighted by molar-refractivity contribution is -0.258. The molecule has 36 heavy (non-hydrogen) atoms. The minimum atomic E-state index is -4.83. The smallest absolute Gasteiger partial charge is 0.379 e. The van der Waals surface area contributed by atoms with Crippen LogP contribution in [0.2, 0.25) is 10.2 Å². The second kappa shape index (κ2) is 9.60. The van der Waals surface area contributed by atoms with Crippen molar-refractivity contribution in [3.8, 4) is 0 Å². The Morgan fingerprint density at radius 2 is 1.89 bits per heavy atom. The molecule has 0 spiro atoms. The molecule has 2 saturated heterocycles. The first-order valence-electron chi connectivity index (χ1n) is 11.6. The van der Waals surface area contributed by atoms with E-state index in [2.05, 4.69) is 25.3 Å². The monoisotopic (exact) mass is 544 g/mol. The fourth-order valence-corrected chi connectivity index (χ4v) is 5.04. The van der Waals surface area contributed by atoms with Crippen molar-refractivity contribution >= 4 is 45.7 Å². The standard InChI is InChI=1S/C23H25Cl2F3N6O2/c1-22(35,23(26,27)28)12-34-20(25)19(9-30-34)32-21-29-8-14-6-17(24)16(7-18(14)31-21)13-2-4-33(5-3-13)15-10-36-11-15/h6-9,13,15,35H,2-5,10-12H2,1H3,(H,29,31,32). The van der Waals surface area contributed by atoms with E-state index in [1.807, 2.05) is 12.1 Å². The van der Waals surface area contributed by atoms with Crippen LogP contribution in [-0.4, -0.2) is 73.9 Å². The molecule has 13 heteroatoms. The van der Waals surface area contributed by atoms with Gasteiger partial charge in [-0.05, 0) is 56.5 Å². The number of benzene rings is 1. The number of fused-ring (bicyclic) bond motifs is 1. The fourth-order valence-electron chi connectivity index (χ4n) is 4.52. The Balaban J connectivity index is 1.33. The Kier molecular flexibility index (Phi) is 6.80. The predicted octanol–water partition coefficient (Wildman–Crippen LogP) is 4.77. The zero-order valence-corrected chi connectivity index (χ0v) is 20.9. The maximum Gasteiger partial charge on any atom is 0.418 e. The summed E-state index contributed by atoms with van der Waals surface area (Å²) >= 11 is 12.8. The number of hydrogen-bond acceptors (Lipinski definition) is 7. The van der Waals surface area contributed by atoms with E-state index >= 15 is 0 Å². The van der Waals surface area contributed by atoms with Gasteiger partial charge in [0.1, 0.15) is 0 Å². The molecule has 5 rings (SSSR count). The third-order valence-electron chi connectivity index (χ3n) is 6.89. The SMILES string of the molecule is CC(O)(Cn1ncc(Nc2ncc3cc(Cl)c(C4CCN(C5COC5)CC4)cc3n2)c1Cl)C(F)(F)F. The number of aromatic nitrogens is 4. The Labute approximate surface area is 215 Å². The minimum Gasteiger partial charge on any atom is -0.379 e. The first-order chi connectivity index (χ1) is 17.0. The second-order valence-electron chi connectivity index (χ2n) is 9.53. The molecule has 2 aliphatic heterocycles. The number of anilines is 2. The molecule has 2 aliphatic rings. The van der Waals surface area contributed by atoms with E-state index in [1.54, 1.807) is 6.20 Å². The van der Waals surface area contributed by atoms with Gasteiger partial charge in [-0.25, -0.2) is 14.6 Å². The summed E-state index contributed by atoms with van der Waals surface area (Å²) < 4.78 is 45.3. The van der Waals surface area contributed by atoms with Gasteiger partial charge in [0.2, 0.25) is 5.95 Å². The quantitative estimate of drug-likeness (QED) is 0.462. The van der Waals surface area contributed by atoms with Crippen molar-refractivity contribution in [1.29, 1.82) is 0 Å². The third-order valence-corrected chi connectivity index (χ3v) is 7.62. The number of piperidine rings is 1. The molecule has 0 amide bonds. The summed E-state index contributed by atoms with van der Waals surface area (Å²) in [4.78, 5) is 11.3. The summed E-state index contributed by atoms with van der Waals surface area (Å²) in [7, 11) is 0. The number of nitrogens with one attached hydrogen (secondary N) is 1. The number of nitrogens with zero attached hydrogens (tertiary/aromatic N) is 5. The van der Waals surface area contributed by atoms with Crippen molar-refractivity contribution in [3.05, 3.63) is 40.3 Å². The van der Waals surface area contributed by atoms with E-state index in [1.165, 1.54) is 6.20 Å². The first kappa shape index (κ1) is 25.5. The molecular weight excluding hydrogens is 520 g/mol. The molecule has 8 nitrogen and oxygen atoms in total. The number of ether oxygens (including phenoxy) is 1. The summed E-state index contributed by atoms with van der Waals surface area (Å²) in [5.41, 5.74) is -1.05.